The van der Waals surface area contributed by atoms with Crippen molar-refractivity contribution >= 4 is 14.0 Å². The Bertz CT molecular complexity index is 629. The summed E-state index contributed by atoms with van der Waals surface area (Å²) in [6.45, 7) is 9.48. The van der Waals surface area contributed by atoms with E-state index in [0.29, 0.717) is 18.4 Å². The molecule has 0 fully saturated rings. The normalized spacial score (nSPS) is 21.6. The largest absolute Gasteiger partial charge is 0.432 e. The average molecular weight is 354 g/mol. The molecule has 0 amide bonds. The zero-order valence-electron chi connectivity index (χ0n) is 15.0. The van der Waals surface area contributed by atoms with Gasteiger partial charge in [-0.2, -0.15) is 4.39 Å². The van der Waals surface area contributed by atoms with Crippen LogP contribution < -0.4 is 0 Å². The van der Waals surface area contributed by atoms with Gasteiger partial charge in [0, 0.05) is 11.8 Å². The molecule has 2 unspecified atom stereocenters. The van der Waals surface area contributed by atoms with E-state index in [1.165, 1.54) is 6.20 Å². The Kier molecular flexibility index (Phi) is 5.46. The summed E-state index contributed by atoms with van der Waals surface area (Å²) in [5.74, 6) is -0.776. The molecule has 2 atom stereocenters. The van der Waals surface area contributed by atoms with Crippen molar-refractivity contribution in [2.45, 2.75) is 63.8 Å². The van der Waals surface area contributed by atoms with E-state index in [1.54, 1.807) is 6.07 Å². The van der Waals surface area contributed by atoms with Crippen molar-refractivity contribution in [3.05, 3.63) is 29.3 Å². The fourth-order valence-corrected chi connectivity index (χ4v) is 3.60. The number of rotatable bonds is 6. The van der Waals surface area contributed by atoms with Crippen LogP contribution in [0.25, 0.3) is 0 Å². The predicted molar refractivity (Wildman–Crippen MR) is 94.1 cm³/mol. The van der Waals surface area contributed by atoms with E-state index in [-0.39, 0.29) is 17.6 Å². The van der Waals surface area contributed by atoms with Gasteiger partial charge in [0.25, 0.3) is 0 Å². The highest BCUT2D eigenvalue weighted by molar-refractivity contribution is 6.72. The maximum atomic E-state index is 14.4. The van der Waals surface area contributed by atoms with Gasteiger partial charge in [0.15, 0.2) is 14.4 Å². The number of pyridine rings is 1. The summed E-state index contributed by atoms with van der Waals surface area (Å²) >= 11 is 0. The Balaban J connectivity index is 2.33. The first-order chi connectivity index (χ1) is 11.1. The third-order valence-electron chi connectivity index (χ3n) is 5.36. The summed E-state index contributed by atoms with van der Waals surface area (Å²) in [5.41, 5.74) is 2.00. The lowest BCUT2D eigenvalue weighted by Gasteiger charge is -2.35. The van der Waals surface area contributed by atoms with Gasteiger partial charge in [-0.3, -0.25) is 0 Å². The molecule has 5 nitrogen and oxygen atoms in total. The molecule has 1 aliphatic rings. The molecular formula is C17H27FN2O3Si. The van der Waals surface area contributed by atoms with Gasteiger partial charge in [0.2, 0.25) is 5.95 Å². The number of aromatic nitrogens is 1. The SMILES string of the molecule is CC1=NOC(CO)C1c1ccnc(F)c1CCC(C)(C)[Si](C)(C)O. The maximum Gasteiger partial charge on any atom is 0.216 e. The van der Waals surface area contributed by atoms with Crippen molar-refractivity contribution in [3.8, 4) is 0 Å². The quantitative estimate of drug-likeness (QED) is 0.608. The average Bonchev–Trinajstić information content (AvgIpc) is 2.85. The van der Waals surface area contributed by atoms with E-state index in [1.807, 2.05) is 33.9 Å². The van der Waals surface area contributed by atoms with Crippen LogP contribution in [-0.4, -0.2) is 41.6 Å². The van der Waals surface area contributed by atoms with E-state index in [0.717, 1.165) is 11.3 Å². The smallest absolute Gasteiger partial charge is 0.216 e. The monoisotopic (exact) mass is 354 g/mol. The van der Waals surface area contributed by atoms with Gasteiger partial charge in [-0.15, -0.1) is 0 Å². The molecule has 0 saturated heterocycles. The molecule has 2 rings (SSSR count). The Labute approximate surface area is 143 Å². The highest BCUT2D eigenvalue weighted by atomic mass is 28.4. The zero-order chi connectivity index (χ0) is 18.1. The van der Waals surface area contributed by atoms with Crippen molar-refractivity contribution in [3.63, 3.8) is 0 Å². The van der Waals surface area contributed by atoms with Crippen LogP contribution in [0.15, 0.2) is 17.4 Å². The number of nitrogens with zero attached hydrogens (tertiary/aromatic N) is 2. The van der Waals surface area contributed by atoms with Crippen LogP contribution in [-0.2, 0) is 11.3 Å². The van der Waals surface area contributed by atoms with Crippen molar-refractivity contribution in [1.29, 1.82) is 0 Å². The number of hydrogen-bond donors (Lipinski definition) is 2. The summed E-state index contributed by atoms with van der Waals surface area (Å²) in [4.78, 5) is 19.5. The van der Waals surface area contributed by atoms with Crippen LogP contribution in [0.3, 0.4) is 0 Å². The molecule has 0 saturated carbocycles. The standard InChI is InChI=1S/C17H27FN2O3Si/c1-11-15(14(10-21)23-20-11)12-7-9-19-16(18)13(12)6-8-17(2,3)24(4,5)22/h7,9,14-15,21-22H,6,8,10H2,1-5H3. The minimum atomic E-state index is -2.37. The van der Waals surface area contributed by atoms with E-state index >= 15 is 0 Å². The number of aliphatic hydroxyl groups is 1. The fourth-order valence-electron chi connectivity index (χ4n) is 2.86. The molecular weight excluding hydrogens is 327 g/mol. The molecule has 1 aromatic rings. The van der Waals surface area contributed by atoms with Crippen LogP contribution in [0.4, 0.5) is 4.39 Å². The minimum absolute atomic E-state index is 0.184. The van der Waals surface area contributed by atoms with Gasteiger partial charge in [0.05, 0.1) is 18.2 Å². The van der Waals surface area contributed by atoms with E-state index < -0.39 is 20.4 Å². The first kappa shape index (κ1) is 19.0. The maximum absolute atomic E-state index is 14.4. The third kappa shape index (κ3) is 3.68. The first-order valence-electron chi connectivity index (χ1n) is 8.25. The lowest BCUT2D eigenvalue weighted by molar-refractivity contribution is 0.0306. The minimum Gasteiger partial charge on any atom is -0.432 e. The van der Waals surface area contributed by atoms with Gasteiger partial charge >= 0.3 is 0 Å². The zero-order valence-corrected chi connectivity index (χ0v) is 16.0. The molecule has 7 heteroatoms. The molecule has 0 aromatic carbocycles. The van der Waals surface area contributed by atoms with E-state index in [4.69, 9.17) is 4.84 Å². The van der Waals surface area contributed by atoms with Crippen molar-refractivity contribution < 1.29 is 19.1 Å². The van der Waals surface area contributed by atoms with Crippen molar-refractivity contribution in [2.24, 2.45) is 5.16 Å². The van der Waals surface area contributed by atoms with E-state index in [2.05, 4.69) is 10.1 Å². The number of hydrogen-bond acceptors (Lipinski definition) is 5. The molecule has 0 radical (unpaired) electrons. The Morgan fingerprint density at radius 1 is 1.38 bits per heavy atom. The molecule has 0 aliphatic carbocycles. The van der Waals surface area contributed by atoms with Crippen molar-refractivity contribution in [1.82, 2.24) is 4.98 Å². The summed E-state index contributed by atoms with van der Waals surface area (Å²) < 4.78 is 14.4. The Hall–Kier alpha value is -1.31. The lowest BCUT2D eigenvalue weighted by Crippen LogP contribution is -2.39. The molecule has 0 spiro atoms. The van der Waals surface area contributed by atoms with Gasteiger partial charge in [-0.05, 0) is 49.5 Å². The van der Waals surface area contributed by atoms with Crippen LogP contribution in [0.1, 0.15) is 44.2 Å². The molecule has 2 N–H and O–H groups in total. The molecule has 1 aliphatic heterocycles. The molecule has 24 heavy (non-hydrogen) atoms. The molecule has 0 bridgehead atoms. The molecule has 134 valence electrons. The summed E-state index contributed by atoms with van der Waals surface area (Å²) in [6, 6.07) is 1.77. The van der Waals surface area contributed by atoms with Gasteiger partial charge < -0.3 is 14.7 Å². The second-order valence-electron chi connectivity index (χ2n) is 7.65. The Morgan fingerprint density at radius 2 is 2.04 bits per heavy atom. The topological polar surface area (TPSA) is 74.9 Å². The van der Waals surface area contributed by atoms with Crippen LogP contribution in [0, 0.1) is 5.95 Å². The van der Waals surface area contributed by atoms with Crippen LogP contribution in [0.5, 0.6) is 0 Å². The highest BCUT2D eigenvalue weighted by Crippen LogP contribution is 2.41. The van der Waals surface area contributed by atoms with Gasteiger partial charge in [-0.1, -0.05) is 19.0 Å². The van der Waals surface area contributed by atoms with Gasteiger partial charge in [0.1, 0.15) is 0 Å². The summed E-state index contributed by atoms with van der Waals surface area (Å²) in [6.07, 6.45) is 2.07. The summed E-state index contributed by atoms with van der Waals surface area (Å²) in [5, 5.41) is 13.2. The van der Waals surface area contributed by atoms with Crippen LogP contribution >= 0.6 is 0 Å². The molecule has 1 aromatic heterocycles. The lowest BCUT2D eigenvalue weighted by atomic mass is 9.86. The predicted octanol–water partition coefficient (Wildman–Crippen LogP) is 2.98. The highest BCUT2D eigenvalue weighted by Gasteiger charge is 2.39. The number of oxime groups is 1. The number of aliphatic hydroxyl groups excluding tert-OH is 1. The fraction of sp³-hybridized carbons (Fsp3) is 0.647. The summed E-state index contributed by atoms with van der Waals surface area (Å²) in [7, 11) is -2.37. The Morgan fingerprint density at radius 3 is 2.62 bits per heavy atom. The van der Waals surface area contributed by atoms with Gasteiger partial charge in [-0.25, -0.2) is 4.98 Å². The number of halogens is 1. The van der Waals surface area contributed by atoms with E-state index in [9.17, 15) is 14.3 Å². The molecule has 2 heterocycles. The van der Waals surface area contributed by atoms with Crippen LogP contribution in [0.2, 0.25) is 18.1 Å². The second kappa shape index (κ2) is 6.90. The van der Waals surface area contributed by atoms with Crippen molar-refractivity contribution in [2.75, 3.05) is 6.61 Å². The first-order valence-corrected chi connectivity index (χ1v) is 11.2. The third-order valence-corrected chi connectivity index (χ3v) is 8.93. The second-order valence-corrected chi connectivity index (χ2v) is 12.1.